The van der Waals surface area contributed by atoms with E-state index in [2.05, 4.69) is 57.3 Å². The van der Waals surface area contributed by atoms with Gasteiger partial charge in [0.15, 0.2) is 0 Å². The molecule has 0 spiro atoms. The van der Waals surface area contributed by atoms with Crippen LogP contribution in [0.25, 0.3) is 0 Å². The number of hydrogen-bond acceptors (Lipinski definition) is 4. The molecule has 0 aliphatic rings. The number of rotatable bonds is 13. The lowest BCUT2D eigenvalue weighted by Gasteiger charge is -2.23. The summed E-state index contributed by atoms with van der Waals surface area (Å²) < 4.78 is 2.10. The molecule has 194 valence electrons. The van der Waals surface area contributed by atoms with Gasteiger partial charge < -0.3 is 14.8 Å². The Balaban J connectivity index is 1.31. The Morgan fingerprint density at radius 1 is 0.947 bits per heavy atom. The van der Waals surface area contributed by atoms with Crippen LogP contribution in [-0.4, -0.2) is 40.0 Å². The second-order valence-electron chi connectivity index (χ2n) is 9.68. The van der Waals surface area contributed by atoms with E-state index in [0.29, 0.717) is 25.1 Å². The fourth-order valence-corrected chi connectivity index (χ4v) is 4.47. The van der Waals surface area contributed by atoms with Gasteiger partial charge in [0.1, 0.15) is 0 Å². The maximum Gasteiger partial charge on any atom is 0.223 e. The van der Waals surface area contributed by atoms with Crippen molar-refractivity contribution >= 4 is 5.91 Å². The molecular formula is C32H35N5O. The predicted molar refractivity (Wildman–Crippen MR) is 150 cm³/mol. The highest BCUT2D eigenvalue weighted by Crippen LogP contribution is 2.12. The SMILES string of the molecule is CN(CCc1cncn1Cc1ccc(C#N)cc1)C(=O)CC(CCc1ccccc1)NCc1ccccc1. The van der Waals surface area contributed by atoms with Crippen LogP contribution in [0.5, 0.6) is 0 Å². The van der Waals surface area contributed by atoms with Gasteiger partial charge in [-0.15, -0.1) is 0 Å². The van der Waals surface area contributed by atoms with E-state index in [4.69, 9.17) is 5.26 Å². The number of aryl methyl sites for hydroxylation is 1. The standard InChI is InChI=1S/C32H35N5O/c1-36(19-18-31-23-34-25-37(31)24-29-14-12-27(21-33)13-15-29)32(38)20-30(17-16-26-8-4-2-5-9-26)35-22-28-10-6-3-7-11-28/h2-15,23,25,30,35H,16-20,22,24H2,1H3. The largest absolute Gasteiger partial charge is 0.345 e. The molecule has 0 saturated carbocycles. The summed E-state index contributed by atoms with van der Waals surface area (Å²) in [6.07, 6.45) is 6.70. The third-order valence-corrected chi connectivity index (χ3v) is 6.85. The number of carbonyl (C=O) groups excluding carboxylic acids is 1. The minimum Gasteiger partial charge on any atom is -0.345 e. The monoisotopic (exact) mass is 505 g/mol. The third kappa shape index (κ3) is 8.16. The van der Waals surface area contributed by atoms with Gasteiger partial charge in [-0.25, -0.2) is 4.98 Å². The van der Waals surface area contributed by atoms with E-state index in [9.17, 15) is 4.79 Å². The van der Waals surface area contributed by atoms with Gasteiger partial charge in [0.05, 0.1) is 18.0 Å². The first-order chi connectivity index (χ1) is 18.6. The highest BCUT2D eigenvalue weighted by atomic mass is 16.2. The van der Waals surface area contributed by atoms with E-state index >= 15 is 0 Å². The van der Waals surface area contributed by atoms with E-state index in [0.717, 1.165) is 37.1 Å². The van der Waals surface area contributed by atoms with Crippen molar-refractivity contribution in [3.63, 3.8) is 0 Å². The number of nitrogens with zero attached hydrogens (tertiary/aromatic N) is 4. The van der Waals surface area contributed by atoms with Crippen molar-refractivity contribution in [1.29, 1.82) is 5.26 Å². The topological polar surface area (TPSA) is 74.0 Å². The van der Waals surface area contributed by atoms with Crippen LogP contribution < -0.4 is 5.32 Å². The number of carbonyl (C=O) groups is 1. The van der Waals surface area contributed by atoms with Crippen LogP contribution in [0.4, 0.5) is 0 Å². The average Bonchev–Trinajstić information content (AvgIpc) is 3.41. The molecule has 4 rings (SSSR count). The van der Waals surface area contributed by atoms with E-state index < -0.39 is 0 Å². The van der Waals surface area contributed by atoms with Crippen molar-refractivity contribution in [2.24, 2.45) is 0 Å². The normalized spacial score (nSPS) is 11.6. The molecule has 4 aromatic rings. The first kappa shape index (κ1) is 26.8. The molecule has 6 nitrogen and oxygen atoms in total. The lowest BCUT2D eigenvalue weighted by Crippen LogP contribution is -2.37. The Morgan fingerprint density at radius 2 is 1.63 bits per heavy atom. The van der Waals surface area contributed by atoms with Crippen LogP contribution in [0.3, 0.4) is 0 Å². The maximum atomic E-state index is 13.2. The first-order valence-corrected chi connectivity index (χ1v) is 13.1. The van der Waals surface area contributed by atoms with Crippen LogP contribution >= 0.6 is 0 Å². The quantitative estimate of drug-likeness (QED) is 0.278. The summed E-state index contributed by atoms with van der Waals surface area (Å²) in [6.45, 7) is 2.05. The molecule has 1 atom stereocenters. The molecule has 6 heteroatoms. The van der Waals surface area contributed by atoms with Gasteiger partial charge in [-0.2, -0.15) is 5.26 Å². The molecule has 1 N–H and O–H groups in total. The zero-order chi connectivity index (χ0) is 26.6. The van der Waals surface area contributed by atoms with Gasteiger partial charge in [0.2, 0.25) is 5.91 Å². The summed E-state index contributed by atoms with van der Waals surface area (Å²) in [5, 5.41) is 12.6. The van der Waals surface area contributed by atoms with Crippen LogP contribution in [-0.2, 0) is 30.7 Å². The smallest absolute Gasteiger partial charge is 0.223 e. The number of nitriles is 1. The van der Waals surface area contributed by atoms with Crippen molar-refractivity contribution < 1.29 is 4.79 Å². The molecule has 38 heavy (non-hydrogen) atoms. The maximum absolute atomic E-state index is 13.2. The van der Waals surface area contributed by atoms with Crippen molar-refractivity contribution in [2.45, 2.75) is 44.8 Å². The Morgan fingerprint density at radius 3 is 2.32 bits per heavy atom. The Kier molecular flexibility index (Phi) is 9.83. The van der Waals surface area contributed by atoms with E-state index in [1.807, 2.05) is 73.0 Å². The van der Waals surface area contributed by atoms with Crippen LogP contribution in [0.1, 0.15) is 40.8 Å². The minimum absolute atomic E-state index is 0.0901. The van der Waals surface area contributed by atoms with E-state index in [-0.39, 0.29) is 11.9 Å². The Bertz CT molecular complexity index is 1270. The van der Waals surface area contributed by atoms with Crippen molar-refractivity contribution in [3.05, 3.63) is 125 Å². The van der Waals surface area contributed by atoms with E-state index in [1.54, 1.807) is 0 Å². The van der Waals surface area contributed by atoms with Gasteiger partial charge in [-0.1, -0.05) is 72.8 Å². The summed E-state index contributed by atoms with van der Waals surface area (Å²) in [4.78, 5) is 19.4. The number of aromatic nitrogens is 2. The van der Waals surface area contributed by atoms with Gasteiger partial charge in [-0.3, -0.25) is 4.79 Å². The number of hydrogen-bond donors (Lipinski definition) is 1. The zero-order valence-corrected chi connectivity index (χ0v) is 22.0. The molecule has 0 fully saturated rings. The lowest BCUT2D eigenvalue weighted by molar-refractivity contribution is -0.130. The van der Waals surface area contributed by atoms with Gasteiger partial charge >= 0.3 is 0 Å². The lowest BCUT2D eigenvalue weighted by atomic mass is 10.0. The number of benzene rings is 3. The highest BCUT2D eigenvalue weighted by molar-refractivity contribution is 5.76. The first-order valence-electron chi connectivity index (χ1n) is 13.1. The van der Waals surface area contributed by atoms with Gasteiger partial charge in [0, 0.05) is 57.5 Å². The molecule has 3 aromatic carbocycles. The minimum atomic E-state index is 0.0901. The molecule has 0 bridgehead atoms. The number of nitrogens with one attached hydrogen (secondary N) is 1. The molecule has 0 radical (unpaired) electrons. The molecule has 1 amide bonds. The summed E-state index contributed by atoms with van der Waals surface area (Å²) in [5.74, 6) is 0.141. The summed E-state index contributed by atoms with van der Waals surface area (Å²) in [6, 6.07) is 30.6. The zero-order valence-electron chi connectivity index (χ0n) is 22.0. The van der Waals surface area contributed by atoms with Crippen molar-refractivity contribution in [2.75, 3.05) is 13.6 Å². The Hall–Kier alpha value is -4.21. The molecule has 0 aliphatic carbocycles. The molecule has 0 saturated heterocycles. The molecule has 1 unspecified atom stereocenters. The molecule has 1 aromatic heterocycles. The van der Waals surface area contributed by atoms with Gasteiger partial charge in [-0.05, 0) is 41.7 Å². The summed E-state index contributed by atoms with van der Waals surface area (Å²) >= 11 is 0. The Labute approximate surface area is 225 Å². The highest BCUT2D eigenvalue weighted by Gasteiger charge is 2.17. The second kappa shape index (κ2) is 13.9. The molecule has 0 aliphatic heterocycles. The summed E-state index contributed by atoms with van der Waals surface area (Å²) in [7, 11) is 1.88. The number of likely N-dealkylation sites (N-methyl/N-ethyl adjacent to an activating group) is 1. The van der Waals surface area contributed by atoms with E-state index in [1.165, 1.54) is 11.1 Å². The molecular weight excluding hydrogens is 470 g/mol. The second-order valence-corrected chi connectivity index (χ2v) is 9.68. The number of amides is 1. The van der Waals surface area contributed by atoms with Crippen molar-refractivity contribution in [1.82, 2.24) is 19.8 Å². The third-order valence-electron chi connectivity index (χ3n) is 6.85. The fraction of sp³-hybridized carbons (Fsp3) is 0.281. The van der Waals surface area contributed by atoms with Crippen molar-refractivity contribution in [3.8, 4) is 6.07 Å². The summed E-state index contributed by atoms with van der Waals surface area (Å²) in [5.41, 5.74) is 5.35. The van der Waals surface area contributed by atoms with Crippen LogP contribution in [0.2, 0.25) is 0 Å². The predicted octanol–water partition coefficient (Wildman–Crippen LogP) is 4.99. The van der Waals surface area contributed by atoms with Crippen LogP contribution in [0.15, 0.2) is 97.5 Å². The van der Waals surface area contributed by atoms with Crippen LogP contribution in [0, 0.1) is 11.3 Å². The van der Waals surface area contributed by atoms with Gasteiger partial charge in [0.25, 0.3) is 0 Å². The number of imidazole rings is 1. The molecule has 1 heterocycles. The fourth-order valence-electron chi connectivity index (χ4n) is 4.47. The average molecular weight is 506 g/mol.